The number of hydrogen-bond acceptors (Lipinski definition) is 4. The number of carbonyl (C=O) groups is 2. The zero-order chi connectivity index (χ0) is 20.9. The van der Waals surface area contributed by atoms with E-state index < -0.39 is 0 Å². The molecule has 3 aromatic rings. The molecular weight excluding hydrogens is 380 g/mol. The molecule has 0 unspecified atom stereocenters. The summed E-state index contributed by atoms with van der Waals surface area (Å²) in [6, 6.07) is 18.2. The van der Waals surface area contributed by atoms with Gasteiger partial charge in [0.2, 0.25) is 5.91 Å². The van der Waals surface area contributed by atoms with Crippen molar-refractivity contribution in [2.75, 3.05) is 10.6 Å². The smallest absolute Gasteiger partial charge is 0.276 e. The van der Waals surface area contributed by atoms with Crippen LogP contribution in [0, 0.1) is 5.92 Å². The molecule has 1 saturated carbocycles. The highest BCUT2D eigenvalue weighted by Gasteiger charge is 2.24. The molecule has 1 aromatic heterocycles. The number of amides is 2. The number of benzene rings is 2. The Hall–Kier alpha value is -3.61. The van der Waals surface area contributed by atoms with Crippen molar-refractivity contribution in [2.45, 2.75) is 25.7 Å². The molecule has 2 amide bonds. The topological polar surface area (TPSA) is 85.2 Å². The minimum absolute atomic E-state index is 0.00327. The Morgan fingerprint density at radius 3 is 2.33 bits per heavy atom. The number of rotatable bonds is 6. The van der Waals surface area contributed by atoms with E-state index in [1.807, 2.05) is 30.3 Å². The predicted octanol–water partition coefficient (Wildman–Crippen LogP) is 4.59. The average Bonchev–Trinajstić information content (AvgIpc) is 3.41. The maximum atomic E-state index is 12.6. The second-order valence-corrected chi connectivity index (χ2v) is 7.40. The Balaban J connectivity index is 1.37. The van der Waals surface area contributed by atoms with E-state index in [0.29, 0.717) is 17.3 Å². The summed E-state index contributed by atoms with van der Waals surface area (Å²) in [6.45, 7) is 0. The highest BCUT2D eigenvalue weighted by Crippen LogP contribution is 2.26. The Labute approximate surface area is 175 Å². The number of carbonyl (C=O) groups excluding carboxylic acids is 2. The summed E-state index contributed by atoms with van der Waals surface area (Å²) >= 11 is 0. The first kappa shape index (κ1) is 19.7. The number of nitrogens with zero attached hydrogens (tertiary/aromatic N) is 2. The summed E-state index contributed by atoms with van der Waals surface area (Å²) in [6.07, 6.45) is 4.01. The second-order valence-electron chi connectivity index (χ2n) is 7.40. The fraction of sp³-hybridized carbons (Fsp3) is 0.261. The Kier molecular flexibility index (Phi) is 5.79. The van der Waals surface area contributed by atoms with Crippen LogP contribution >= 0.6 is 0 Å². The lowest BCUT2D eigenvalue weighted by Gasteiger charge is -2.09. The predicted molar refractivity (Wildman–Crippen MR) is 115 cm³/mol. The standard InChI is InChI=1S/C23H24N4O3/c1-27-21(25-22(28)16-7-5-6-8-16)15-20(26-27)23(29)24-17-11-13-19(14-12-17)30-18-9-3-2-4-10-18/h2-4,9-16H,5-8H2,1H3,(H,24,29)(H,25,28). The molecule has 0 radical (unpaired) electrons. The molecule has 1 heterocycles. The Bertz CT molecular complexity index is 1020. The van der Waals surface area contributed by atoms with Gasteiger partial charge in [-0.1, -0.05) is 31.0 Å². The van der Waals surface area contributed by atoms with Crippen molar-refractivity contribution in [2.24, 2.45) is 13.0 Å². The first-order valence-electron chi connectivity index (χ1n) is 10.1. The first-order chi connectivity index (χ1) is 14.6. The number of hydrogen-bond donors (Lipinski definition) is 2. The minimum Gasteiger partial charge on any atom is -0.457 e. The van der Waals surface area contributed by atoms with Gasteiger partial charge >= 0.3 is 0 Å². The molecule has 4 rings (SSSR count). The Morgan fingerprint density at radius 2 is 1.63 bits per heavy atom. The van der Waals surface area contributed by atoms with Gasteiger partial charge in [-0.2, -0.15) is 5.10 Å². The highest BCUT2D eigenvalue weighted by atomic mass is 16.5. The van der Waals surface area contributed by atoms with E-state index in [4.69, 9.17) is 4.74 Å². The maximum Gasteiger partial charge on any atom is 0.276 e. The number of aromatic nitrogens is 2. The number of aryl methyl sites for hydroxylation is 1. The highest BCUT2D eigenvalue weighted by molar-refractivity contribution is 6.04. The first-order valence-corrected chi connectivity index (χ1v) is 10.1. The summed E-state index contributed by atoms with van der Waals surface area (Å²) in [4.78, 5) is 24.9. The zero-order valence-electron chi connectivity index (χ0n) is 16.8. The molecule has 1 fully saturated rings. The summed E-state index contributed by atoms with van der Waals surface area (Å²) in [5.74, 6) is 1.64. The van der Waals surface area contributed by atoms with Crippen LogP contribution in [-0.4, -0.2) is 21.6 Å². The van der Waals surface area contributed by atoms with Crippen molar-refractivity contribution in [1.82, 2.24) is 9.78 Å². The minimum atomic E-state index is -0.344. The van der Waals surface area contributed by atoms with Crippen LogP contribution in [-0.2, 0) is 11.8 Å². The van der Waals surface area contributed by atoms with Crippen LogP contribution in [0.3, 0.4) is 0 Å². The molecule has 30 heavy (non-hydrogen) atoms. The summed E-state index contributed by atoms with van der Waals surface area (Å²) in [5.41, 5.74) is 0.867. The second kappa shape index (κ2) is 8.82. The molecule has 1 aliphatic rings. The summed E-state index contributed by atoms with van der Waals surface area (Å²) in [7, 11) is 1.71. The van der Waals surface area contributed by atoms with Gasteiger partial charge in [-0.05, 0) is 49.2 Å². The number of anilines is 2. The quantitative estimate of drug-likeness (QED) is 0.629. The van der Waals surface area contributed by atoms with Gasteiger partial charge in [0.1, 0.15) is 17.3 Å². The zero-order valence-corrected chi connectivity index (χ0v) is 16.8. The molecule has 0 aliphatic heterocycles. The van der Waals surface area contributed by atoms with Crippen LogP contribution in [0.5, 0.6) is 11.5 Å². The third-order valence-electron chi connectivity index (χ3n) is 5.18. The monoisotopic (exact) mass is 404 g/mol. The molecular formula is C23H24N4O3. The molecule has 0 saturated heterocycles. The fourth-order valence-electron chi connectivity index (χ4n) is 3.54. The van der Waals surface area contributed by atoms with Crippen LogP contribution < -0.4 is 15.4 Å². The van der Waals surface area contributed by atoms with E-state index in [9.17, 15) is 9.59 Å². The van der Waals surface area contributed by atoms with E-state index in [1.54, 1.807) is 37.4 Å². The van der Waals surface area contributed by atoms with Gasteiger partial charge in [0.05, 0.1) is 0 Å². The molecule has 0 atom stereocenters. The lowest BCUT2D eigenvalue weighted by molar-refractivity contribution is -0.119. The number of para-hydroxylation sites is 1. The SMILES string of the molecule is Cn1nc(C(=O)Nc2ccc(Oc3ccccc3)cc2)cc1NC(=O)C1CCCC1. The van der Waals surface area contributed by atoms with Crippen molar-refractivity contribution in [3.63, 3.8) is 0 Å². The molecule has 154 valence electrons. The lowest BCUT2D eigenvalue weighted by atomic mass is 10.1. The third kappa shape index (κ3) is 4.68. The van der Waals surface area contributed by atoms with Gasteiger partial charge in [0.25, 0.3) is 5.91 Å². The van der Waals surface area contributed by atoms with Crippen molar-refractivity contribution in [3.05, 3.63) is 66.4 Å². The van der Waals surface area contributed by atoms with Crippen molar-refractivity contribution >= 4 is 23.3 Å². The molecule has 1 aliphatic carbocycles. The van der Waals surface area contributed by atoms with Crippen molar-refractivity contribution in [3.8, 4) is 11.5 Å². The molecule has 7 heteroatoms. The molecule has 7 nitrogen and oxygen atoms in total. The summed E-state index contributed by atoms with van der Waals surface area (Å²) < 4.78 is 7.26. The molecule has 0 bridgehead atoms. The van der Waals surface area contributed by atoms with Gasteiger partial charge in [-0.15, -0.1) is 0 Å². The summed E-state index contributed by atoms with van der Waals surface area (Å²) in [5, 5.41) is 9.93. The molecule has 0 spiro atoms. The maximum absolute atomic E-state index is 12.6. The van der Waals surface area contributed by atoms with Crippen LogP contribution in [0.15, 0.2) is 60.7 Å². The van der Waals surface area contributed by atoms with Gasteiger partial charge in [0, 0.05) is 24.7 Å². The van der Waals surface area contributed by atoms with Gasteiger partial charge in [-0.25, -0.2) is 0 Å². The van der Waals surface area contributed by atoms with Crippen LogP contribution in [0.4, 0.5) is 11.5 Å². The van der Waals surface area contributed by atoms with Crippen LogP contribution in [0.25, 0.3) is 0 Å². The van der Waals surface area contributed by atoms with Crippen molar-refractivity contribution in [1.29, 1.82) is 0 Å². The average molecular weight is 404 g/mol. The van der Waals surface area contributed by atoms with E-state index in [-0.39, 0.29) is 23.4 Å². The Morgan fingerprint density at radius 1 is 0.967 bits per heavy atom. The van der Waals surface area contributed by atoms with E-state index >= 15 is 0 Å². The number of ether oxygens (including phenoxy) is 1. The van der Waals surface area contributed by atoms with Gasteiger partial charge in [-0.3, -0.25) is 14.3 Å². The normalized spacial score (nSPS) is 13.8. The van der Waals surface area contributed by atoms with E-state index in [1.165, 1.54) is 4.68 Å². The number of nitrogens with one attached hydrogen (secondary N) is 2. The lowest BCUT2D eigenvalue weighted by Crippen LogP contribution is -2.21. The van der Waals surface area contributed by atoms with E-state index in [2.05, 4.69) is 15.7 Å². The molecule has 2 N–H and O–H groups in total. The van der Waals surface area contributed by atoms with Crippen LogP contribution in [0.2, 0.25) is 0 Å². The van der Waals surface area contributed by atoms with Crippen molar-refractivity contribution < 1.29 is 14.3 Å². The largest absolute Gasteiger partial charge is 0.457 e. The van der Waals surface area contributed by atoms with Crippen LogP contribution in [0.1, 0.15) is 36.2 Å². The van der Waals surface area contributed by atoms with Gasteiger partial charge in [0.15, 0.2) is 5.69 Å². The fourth-order valence-corrected chi connectivity index (χ4v) is 3.54. The molecule has 2 aromatic carbocycles. The van der Waals surface area contributed by atoms with Gasteiger partial charge < -0.3 is 15.4 Å². The van der Waals surface area contributed by atoms with E-state index in [0.717, 1.165) is 31.4 Å². The third-order valence-corrected chi connectivity index (χ3v) is 5.18.